The van der Waals surface area contributed by atoms with Crippen molar-refractivity contribution in [2.24, 2.45) is 0 Å². The number of hydrogen-bond acceptors (Lipinski definition) is 2. The third kappa shape index (κ3) is 4.22. The summed E-state index contributed by atoms with van der Waals surface area (Å²) in [5.74, 6) is 1.78. The van der Waals surface area contributed by atoms with Crippen molar-refractivity contribution in [1.29, 1.82) is 0 Å². The molecule has 0 saturated carbocycles. The lowest BCUT2D eigenvalue weighted by molar-refractivity contribution is 0.436. The van der Waals surface area contributed by atoms with Crippen LogP contribution in [0, 0.1) is 0 Å². The van der Waals surface area contributed by atoms with Crippen molar-refractivity contribution >= 4 is 17.1 Å². The fraction of sp³-hybridized carbons (Fsp3) is 0.0769. The van der Waals surface area contributed by atoms with Crippen LogP contribution in [-0.4, -0.2) is 0 Å². The third-order valence-electron chi connectivity index (χ3n) is 12.1. The van der Waals surface area contributed by atoms with Crippen LogP contribution in [0.5, 0.6) is 11.5 Å². The maximum absolute atomic E-state index is 6.81. The van der Waals surface area contributed by atoms with Crippen LogP contribution >= 0.6 is 0 Å². The molecule has 8 aromatic rings. The summed E-state index contributed by atoms with van der Waals surface area (Å²) in [6.07, 6.45) is 0. The van der Waals surface area contributed by atoms with Gasteiger partial charge in [-0.1, -0.05) is 153 Å². The SMILES string of the molecule is CC1(C)c2ccccc2-c2ccc(N(c3ccc(-c4ccccc4)cc3)c3ccc4c(c3)C3(c5ccccc5O4)c4ccccc4-c4ccccc43)cc21. The van der Waals surface area contributed by atoms with Gasteiger partial charge >= 0.3 is 0 Å². The van der Waals surface area contributed by atoms with Crippen LogP contribution in [-0.2, 0) is 10.8 Å². The molecule has 0 aromatic heterocycles. The summed E-state index contributed by atoms with van der Waals surface area (Å²) in [5.41, 5.74) is 17.8. The number of fused-ring (bicyclic) bond motifs is 12. The molecule has 1 spiro atoms. The molecule has 256 valence electrons. The average Bonchev–Trinajstić information content (AvgIpc) is 3.65. The highest BCUT2D eigenvalue weighted by atomic mass is 16.5. The van der Waals surface area contributed by atoms with E-state index in [9.17, 15) is 0 Å². The second-order valence-corrected chi connectivity index (χ2v) is 15.3. The van der Waals surface area contributed by atoms with E-state index in [0.717, 1.165) is 34.1 Å². The van der Waals surface area contributed by atoms with Crippen molar-refractivity contribution in [3.05, 3.63) is 221 Å². The second-order valence-electron chi connectivity index (χ2n) is 15.3. The topological polar surface area (TPSA) is 12.5 Å². The number of para-hydroxylation sites is 1. The van der Waals surface area contributed by atoms with E-state index in [1.807, 2.05) is 0 Å². The molecule has 0 fully saturated rings. The Bertz CT molecular complexity index is 2730. The number of benzene rings is 8. The average molecular weight is 692 g/mol. The van der Waals surface area contributed by atoms with E-state index in [4.69, 9.17) is 4.74 Å². The zero-order valence-electron chi connectivity index (χ0n) is 30.3. The predicted molar refractivity (Wildman–Crippen MR) is 222 cm³/mol. The standard InChI is InChI=1S/C52H37NO/c1-51(2)43-19-9-6-16-39(43)42-30-28-37(32-47(42)51)53(36-26-24-35(25-27-36)34-14-4-3-5-15-34)38-29-31-50-48(33-38)52(46-22-12-13-23-49(46)54-50)44-20-10-7-17-40(44)41-18-8-11-21-45(41)52/h3-33H,1-2H3. The monoisotopic (exact) mass is 691 g/mol. The van der Waals surface area contributed by atoms with Crippen LogP contribution in [0.3, 0.4) is 0 Å². The minimum Gasteiger partial charge on any atom is -0.457 e. The van der Waals surface area contributed by atoms with Crippen molar-refractivity contribution < 1.29 is 4.74 Å². The molecule has 0 amide bonds. The minimum atomic E-state index is -0.544. The Morgan fingerprint density at radius 1 is 0.352 bits per heavy atom. The smallest absolute Gasteiger partial charge is 0.132 e. The molecule has 54 heavy (non-hydrogen) atoms. The van der Waals surface area contributed by atoms with Crippen molar-refractivity contribution in [2.45, 2.75) is 24.7 Å². The Morgan fingerprint density at radius 3 is 1.50 bits per heavy atom. The first kappa shape index (κ1) is 30.9. The Morgan fingerprint density at radius 2 is 0.815 bits per heavy atom. The molecule has 0 radical (unpaired) electrons. The molecule has 2 nitrogen and oxygen atoms in total. The van der Waals surface area contributed by atoms with E-state index in [1.165, 1.54) is 61.2 Å². The van der Waals surface area contributed by atoms with Crippen molar-refractivity contribution in [3.63, 3.8) is 0 Å². The zero-order valence-corrected chi connectivity index (χ0v) is 30.3. The lowest BCUT2D eigenvalue weighted by Gasteiger charge is -2.40. The normalized spacial score (nSPS) is 14.6. The number of nitrogens with zero attached hydrogens (tertiary/aromatic N) is 1. The van der Waals surface area contributed by atoms with E-state index < -0.39 is 5.41 Å². The molecule has 1 heterocycles. The summed E-state index contributed by atoms with van der Waals surface area (Å²) >= 11 is 0. The number of ether oxygens (including phenoxy) is 1. The van der Waals surface area contributed by atoms with E-state index in [1.54, 1.807) is 0 Å². The van der Waals surface area contributed by atoms with E-state index in [-0.39, 0.29) is 5.41 Å². The van der Waals surface area contributed by atoms with Gasteiger partial charge in [-0.05, 0) is 104 Å². The Labute approximate surface area is 316 Å². The summed E-state index contributed by atoms with van der Waals surface area (Å²) in [5, 5.41) is 0. The van der Waals surface area contributed by atoms with Crippen LogP contribution in [0.2, 0.25) is 0 Å². The molecular formula is C52H37NO. The first-order valence-corrected chi connectivity index (χ1v) is 18.8. The quantitative estimate of drug-likeness (QED) is 0.182. The molecular weight excluding hydrogens is 655 g/mol. The van der Waals surface area contributed by atoms with E-state index in [2.05, 4.69) is 207 Å². The summed E-state index contributed by atoms with van der Waals surface area (Å²) < 4.78 is 6.81. The van der Waals surface area contributed by atoms with Gasteiger partial charge in [0.1, 0.15) is 11.5 Å². The fourth-order valence-electron chi connectivity index (χ4n) is 9.70. The van der Waals surface area contributed by atoms with Crippen molar-refractivity contribution in [1.82, 2.24) is 0 Å². The van der Waals surface area contributed by atoms with Gasteiger partial charge in [0.15, 0.2) is 0 Å². The summed E-state index contributed by atoms with van der Waals surface area (Å²) in [6, 6.07) is 68.8. The predicted octanol–water partition coefficient (Wildman–Crippen LogP) is 13.6. The fourth-order valence-corrected chi connectivity index (χ4v) is 9.70. The van der Waals surface area contributed by atoms with E-state index >= 15 is 0 Å². The van der Waals surface area contributed by atoms with Crippen molar-refractivity contribution in [2.75, 3.05) is 4.90 Å². The second kappa shape index (κ2) is 11.4. The van der Waals surface area contributed by atoms with E-state index in [0.29, 0.717) is 0 Å². The molecule has 0 saturated heterocycles. The van der Waals surface area contributed by atoms with Gasteiger partial charge in [-0.3, -0.25) is 0 Å². The highest BCUT2D eigenvalue weighted by Crippen LogP contribution is 2.62. The van der Waals surface area contributed by atoms with Gasteiger partial charge in [0.2, 0.25) is 0 Å². The minimum absolute atomic E-state index is 0.125. The zero-order chi connectivity index (χ0) is 36.0. The Balaban J connectivity index is 1.15. The molecule has 0 atom stereocenters. The third-order valence-corrected chi connectivity index (χ3v) is 12.1. The highest BCUT2D eigenvalue weighted by Gasteiger charge is 2.51. The van der Waals surface area contributed by atoms with Crippen molar-refractivity contribution in [3.8, 4) is 44.9 Å². The van der Waals surface area contributed by atoms with Gasteiger partial charge in [0.25, 0.3) is 0 Å². The summed E-state index contributed by atoms with van der Waals surface area (Å²) in [6.45, 7) is 4.71. The Hall–Kier alpha value is -6.64. The molecule has 3 aliphatic rings. The van der Waals surface area contributed by atoms with Gasteiger partial charge in [-0.15, -0.1) is 0 Å². The molecule has 1 aliphatic heterocycles. The highest BCUT2D eigenvalue weighted by molar-refractivity contribution is 5.91. The van der Waals surface area contributed by atoms with Crippen LogP contribution in [0.15, 0.2) is 188 Å². The van der Waals surface area contributed by atoms with Gasteiger partial charge < -0.3 is 9.64 Å². The first-order chi connectivity index (χ1) is 26.5. The maximum atomic E-state index is 6.81. The molecule has 8 aromatic carbocycles. The lowest BCUT2D eigenvalue weighted by atomic mass is 9.66. The number of anilines is 3. The van der Waals surface area contributed by atoms with Gasteiger partial charge in [0.05, 0.1) is 5.41 Å². The number of rotatable bonds is 4. The first-order valence-electron chi connectivity index (χ1n) is 18.8. The van der Waals surface area contributed by atoms with Crippen LogP contribution < -0.4 is 9.64 Å². The summed E-state index contributed by atoms with van der Waals surface area (Å²) in [4.78, 5) is 2.43. The van der Waals surface area contributed by atoms with Crippen LogP contribution in [0.4, 0.5) is 17.1 Å². The summed E-state index contributed by atoms with van der Waals surface area (Å²) in [7, 11) is 0. The molecule has 0 unspecified atom stereocenters. The molecule has 0 bridgehead atoms. The molecule has 2 heteroatoms. The lowest BCUT2D eigenvalue weighted by Crippen LogP contribution is -2.32. The molecule has 11 rings (SSSR count). The maximum Gasteiger partial charge on any atom is 0.132 e. The van der Waals surface area contributed by atoms with Gasteiger partial charge in [0, 0.05) is 33.6 Å². The largest absolute Gasteiger partial charge is 0.457 e. The van der Waals surface area contributed by atoms with Crippen LogP contribution in [0.1, 0.15) is 47.2 Å². The number of hydrogen-bond donors (Lipinski definition) is 0. The Kier molecular flexibility index (Phi) is 6.55. The molecule has 0 N–H and O–H groups in total. The van der Waals surface area contributed by atoms with Crippen LogP contribution in [0.25, 0.3) is 33.4 Å². The van der Waals surface area contributed by atoms with Gasteiger partial charge in [-0.25, -0.2) is 0 Å². The van der Waals surface area contributed by atoms with Gasteiger partial charge in [-0.2, -0.15) is 0 Å². The molecule has 2 aliphatic carbocycles.